The largest absolute Gasteiger partial charge is 0.479 e. The van der Waals surface area contributed by atoms with E-state index in [4.69, 9.17) is 21.1 Å². The lowest BCUT2D eigenvalue weighted by Crippen LogP contribution is -2.25. The van der Waals surface area contributed by atoms with Crippen molar-refractivity contribution in [2.75, 3.05) is 13.7 Å². The van der Waals surface area contributed by atoms with Gasteiger partial charge in [-0.05, 0) is 30.4 Å². The summed E-state index contributed by atoms with van der Waals surface area (Å²) in [5.41, 5.74) is 1.13. The number of nitrogens with zero attached hydrogens (tertiary/aromatic N) is 4. The molecule has 7 nitrogen and oxygen atoms in total. The van der Waals surface area contributed by atoms with Crippen molar-refractivity contribution in [3.63, 3.8) is 0 Å². The molecule has 1 fully saturated rings. The van der Waals surface area contributed by atoms with Gasteiger partial charge in [0.2, 0.25) is 11.2 Å². The molecule has 1 N–H and O–H groups in total. The van der Waals surface area contributed by atoms with E-state index < -0.39 is 0 Å². The Labute approximate surface area is 137 Å². The zero-order valence-corrected chi connectivity index (χ0v) is 13.3. The summed E-state index contributed by atoms with van der Waals surface area (Å²) in [6.45, 7) is 0.0111. The minimum Gasteiger partial charge on any atom is -0.479 e. The maximum absolute atomic E-state index is 9.62. The van der Waals surface area contributed by atoms with Crippen molar-refractivity contribution in [1.29, 1.82) is 0 Å². The second-order valence-corrected chi connectivity index (χ2v) is 6.18. The van der Waals surface area contributed by atoms with Crippen LogP contribution in [0, 0.1) is 11.8 Å². The fraction of sp³-hybridized carbons (Fsp3) is 0.533. The van der Waals surface area contributed by atoms with Gasteiger partial charge in [-0.3, -0.25) is 4.57 Å². The molecule has 0 saturated carbocycles. The summed E-state index contributed by atoms with van der Waals surface area (Å²) in [5, 5.41) is 9.72. The predicted octanol–water partition coefficient (Wildman–Crippen LogP) is 1.96. The van der Waals surface area contributed by atoms with Crippen LogP contribution in [0.1, 0.15) is 19.1 Å². The van der Waals surface area contributed by atoms with Crippen LogP contribution < -0.4 is 4.74 Å². The number of rotatable bonds is 3. The summed E-state index contributed by atoms with van der Waals surface area (Å²) in [4.78, 5) is 12.7. The van der Waals surface area contributed by atoms with Crippen LogP contribution in [0.4, 0.5) is 0 Å². The van der Waals surface area contributed by atoms with Crippen LogP contribution in [0.2, 0.25) is 5.28 Å². The van der Waals surface area contributed by atoms with E-state index in [-0.39, 0.29) is 30.1 Å². The van der Waals surface area contributed by atoms with Crippen molar-refractivity contribution in [1.82, 2.24) is 19.5 Å². The Morgan fingerprint density at radius 2 is 2.13 bits per heavy atom. The highest BCUT2D eigenvalue weighted by molar-refractivity contribution is 6.28. The first-order chi connectivity index (χ1) is 11.2. The van der Waals surface area contributed by atoms with Crippen LogP contribution in [-0.2, 0) is 4.74 Å². The van der Waals surface area contributed by atoms with Gasteiger partial charge in [-0.2, -0.15) is 9.97 Å². The zero-order chi connectivity index (χ0) is 16.0. The lowest BCUT2D eigenvalue weighted by molar-refractivity contribution is -0.0349. The maximum Gasteiger partial charge on any atom is 0.246 e. The molecule has 8 heteroatoms. The molecular weight excluding hydrogens is 320 g/mol. The first-order valence-corrected chi connectivity index (χ1v) is 7.96. The Bertz CT molecular complexity index is 763. The highest BCUT2D eigenvalue weighted by Gasteiger charge is 2.45. The summed E-state index contributed by atoms with van der Waals surface area (Å²) in [6.07, 6.45) is 7.41. The molecule has 122 valence electrons. The van der Waals surface area contributed by atoms with E-state index in [2.05, 4.69) is 27.1 Å². The van der Waals surface area contributed by atoms with E-state index >= 15 is 0 Å². The Morgan fingerprint density at radius 1 is 1.35 bits per heavy atom. The van der Waals surface area contributed by atoms with Crippen molar-refractivity contribution >= 4 is 22.8 Å². The molecule has 4 atom stereocenters. The van der Waals surface area contributed by atoms with Gasteiger partial charge in [0.05, 0.1) is 26.1 Å². The smallest absolute Gasteiger partial charge is 0.246 e. The summed E-state index contributed by atoms with van der Waals surface area (Å²) in [5.74, 6) is 0.913. The number of methoxy groups -OCH3 is 1. The van der Waals surface area contributed by atoms with Crippen molar-refractivity contribution in [2.24, 2.45) is 11.8 Å². The number of aromatic nitrogens is 4. The zero-order valence-electron chi connectivity index (χ0n) is 12.6. The van der Waals surface area contributed by atoms with Gasteiger partial charge in [0.25, 0.3) is 0 Å². The van der Waals surface area contributed by atoms with Crippen molar-refractivity contribution in [2.45, 2.75) is 25.2 Å². The fourth-order valence-electron chi connectivity index (χ4n) is 3.64. The van der Waals surface area contributed by atoms with Crippen LogP contribution in [0.15, 0.2) is 18.5 Å². The summed E-state index contributed by atoms with van der Waals surface area (Å²) >= 11 is 6.00. The van der Waals surface area contributed by atoms with Gasteiger partial charge in [0.15, 0.2) is 11.2 Å². The molecule has 2 aromatic heterocycles. The van der Waals surface area contributed by atoms with E-state index in [1.807, 2.05) is 4.57 Å². The molecule has 23 heavy (non-hydrogen) atoms. The van der Waals surface area contributed by atoms with E-state index in [9.17, 15) is 5.11 Å². The number of aliphatic hydroxyl groups excluding tert-OH is 1. The maximum atomic E-state index is 9.62. The second-order valence-electron chi connectivity index (χ2n) is 5.84. The second kappa shape index (κ2) is 5.74. The molecule has 0 amide bonds. The van der Waals surface area contributed by atoms with E-state index in [1.165, 1.54) is 7.11 Å². The highest BCUT2D eigenvalue weighted by atomic mass is 35.5. The van der Waals surface area contributed by atoms with E-state index in [0.717, 1.165) is 12.8 Å². The average Bonchev–Trinajstić information content (AvgIpc) is 3.15. The van der Waals surface area contributed by atoms with Crippen molar-refractivity contribution in [3.8, 4) is 5.88 Å². The first-order valence-electron chi connectivity index (χ1n) is 7.58. The summed E-state index contributed by atoms with van der Waals surface area (Å²) < 4.78 is 13.2. The Kier molecular flexibility index (Phi) is 3.71. The SMILES string of the molecule is COc1nc(Cl)nc2c1ncn2[C@@H]1O[C@H](CO)[C@H]2CC=CC[C@H]21. The number of hydrogen-bond donors (Lipinski definition) is 1. The van der Waals surface area contributed by atoms with Crippen LogP contribution in [0.5, 0.6) is 5.88 Å². The van der Waals surface area contributed by atoms with Gasteiger partial charge in [-0.1, -0.05) is 12.2 Å². The number of imidazole rings is 1. The normalized spacial score (nSPS) is 29.9. The van der Waals surface area contributed by atoms with Gasteiger partial charge < -0.3 is 14.6 Å². The summed E-state index contributed by atoms with van der Waals surface area (Å²) in [7, 11) is 1.52. The number of fused-ring (bicyclic) bond motifs is 2. The molecule has 2 aromatic rings. The van der Waals surface area contributed by atoms with Gasteiger partial charge in [0, 0.05) is 5.92 Å². The molecule has 0 bridgehead atoms. The van der Waals surface area contributed by atoms with Crippen LogP contribution in [0.25, 0.3) is 11.2 Å². The third-order valence-corrected chi connectivity index (χ3v) is 4.87. The van der Waals surface area contributed by atoms with Crippen LogP contribution in [0.3, 0.4) is 0 Å². The molecule has 0 radical (unpaired) electrons. The molecular formula is C15H17ClN4O3. The number of allylic oxidation sites excluding steroid dienone is 2. The van der Waals surface area contributed by atoms with Crippen molar-refractivity contribution < 1.29 is 14.6 Å². The highest BCUT2D eigenvalue weighted by Crippen LogP contribution is 2.46. The third-order valence-electron chi connectivity index (χ3n) is 4.70. The van der Waals surface area contributed by atoms with Gasteiger partial charge in [0.1, 0.15) is 6.23 Å². The van der Waals surface area contributed by atoms with Gasteiger partial charge in [-0.25, -0.2) is 4.98 Å². The van der Waals surface area contributed by atoms with Crippen LogP contribution in [-0.4, -0.2) is 44.4 Å². The molecule has 3 heterocycles. The molecule has 1 saturated heterocycles. The Hall–Kier alpha value is -1.70. The molecule has 2 aliphatic rings. The molecule has 0 spiro atoms. The molecule has 4 rings (SSSR count). The van der Waals surface area contributed by atoms with Gasteiger partial charge in [-0.15, -0.1) is 0 Å². The van der Waals surface area contributed by atoms with E-state index in [1.54, 1.807) is 6.33 Å². The Morgan fingerprint density at radius 3 is 2.87 bits per heavy atom. The molecule has 0 aromatic carbocycles. The Balaban J connectivity index is 1.80. The molecule has 0 unspecified atom stereocenters. The summed E-state index contributed by atoms with van der Waals surface area (Å²) in [6, 6.07) is 0. The topological polar surface area (TPSA) is 82.3 Å². The monoisotopic (exact) mass is 336 g/mol. The number of halogens is 1. The third kappa shape index (κ3) is 2.31. The lowest BCUT2D eigenvalue weighted by atomic mass is 9.81. The first kappa shape index (κ1) is 14.9. The number of aliphatic hydroxyl groups is 1. The number of hydrogen-bond acceptors (Lipinski definition) is 6. The molecule has 1 aliphatic heterocycles. The quantitative estimate of drug-likeness (QED) is 0.681. The minimum absolute atomic E-state index is 0.0111. The average molecular weight is 337 g/mol. The number of ether oxygens (including phenoxy) is 2. The van der Waals surface area contributed by atoms with Crippen LogP contribution >= 0.6 is 11.6 Å². The molecule has 1 aliphatic carbocycles. The standard InChI is InChI=1S/C15H17ClN4O3/c1-22-13-11-12(18-15(16)19-13)20(7-17-11)14-9-5-3-2-4-8(9)10(6-21)23-14/h2-3,7-10,14,21H,4-6H2,1H3/t8-,9+,10+,14+/m0/s1. The van der Waals surface area contributed by atoms with Gasteiger partial charge >= 0.3 is 0 Å². The van der Waals surface area contributed by atoms with Crippen molar-refractivity contribution in [3.05, 3.63) is 23.8 Å². The predicted molar refractivity (Wildman–Crippen MR) is 83.2 cm³/mol. The minimum atomic E-state index is -0.234. The lowest BCUT2D eigenvalue weighted by Gasteiger charge is -2.25. The van der Waals surface area contributed by atoms with E-state index in [0.29, 0.717) is 23.0 Å². The fourth-order valence-corrected chi connectivity index (χ4v) is 3.79.